The van der Waals surface area contributed by atoms with Crippen molar-refractivity contribution in [3.05, 3.63) is 29.3 Å². The molecule has 6 heteroatoms. The third kappa shape index (κ3) is 3.39. The molecule has 3 rings (SSSR count). The van der Waals surface area contributed by atoms with Gasteiger partial charge in [-0.1, -0.05) is 12.1 Å². The van der Waals surface area contributed by atoms with Crippen LogP contribution in [0.25, 0.3) is 10.2 Å². The molecule has 0 unspecified atom stereocenters. The first-order valence-electron chi connectivity index (χ1n) is 7.63. The maximum atomic E-state index is 5.62. The molecule has 1 saturated heterocycles. The van der Waals surface area contributed by atoms with Crippen molar-refractivity contribution < 1.29 is 4.74 Å². The van der Waals surface area contributed by atoms with E-state index in [4.69, 9.17) is 21.9 Å². The number of ether oxygens (including phenoxy) is 1. The van der Waals surface area contributed by atoms with E-state index in [2.05, 4.69) is 29.3 Å². The van der Waals surface area contributed by atoms with Crippen molar-refractivity contribution in [3.8, 4) is 0 Å². The molecule has 0 aliphatic carbocycles. The van der Waals surface area contributed by atoms with Crippen molar-refractivity contribution >= 4 is 38.9 Å². The first-order chi connectivity index (χ1) is 10.6. The van der Waals surface area contributed by atoms with E-state index in [0.29, 0.717) is 6.10 Å². The Morgan fingerprint density at radius 3 is 3.09 bits per heavy atom. The third-order valence-electron chi connectivity index (χ3n) is 4.07. The van der Waals surface area contributed by atoms with Crippen LogP contribution in [0.3, 0.4) is 0 Å². The molecule has 0 bridgehead atoms. The van der Waals surface area contributed by atoms with Gasteiger partial charge in [-0.15, -0.1) is 11.3 Å². The van der Waals surface area contributed by atoms with E-state index in [1.54, 1.807) is 11.3 Å². The molecule has 1 aliphatic heterocycles. The lowest BCUT2D eigenvalue weighted by atomic mass is 10.2. The number of thiazole rings is 1. The van der Waals surface area contributed by atoms with Crippen molar-refractivity contribution in [2.75, 3.05) is 20.2 Å². The molecule has 4 nitrogen and oxygen atoms in total. The summed E-state index contributed by atoms with van der Waals surface area (Å²) in [5.74, 6) is 0. The molecule has 2 atom stereocenters. The van der Waals surface area contributed by atoms with Crippen LogP contribution in [0.5, 0.6) is 0 Å². The molecule has 1 aromatic carbocycles. The molecular weight excluding hydrogens is 314 g/mol. The van der Waals surface area contributed by atoms with Crippen molar-refractivity contribution in [1.82, 2.24) is 15.2 Å². The fraction of sp³-hybridized carbons (Fsp3) is 0.500. The van der Waals surface area contributed by atoms with Crippen molar-refractivity contribution in [3.63, 3.8) is 0 Å². The van der Waals surface area contributed by atoms with E-state index in [1.807, 2.05) is 19.2 Å². The Morgan fingerprint density at radius 1 is 1.55 bits per heavy atom. The van der Waals surface area contributed by atoms with Gasteiger partial charge < -0.3 is 15.0 Å². The second-order valence-corrected chi connectivity index (χ2v) is 7.08. The van der Waals surface area contributed by atoms with Gasteiger partial charge in [0.1, 0.15) is 5.01 Å². The standard InChI is InChI=1S/C16H21N3OS2/c1-11(15-18-13-7-3-4-8-14(13)22-15)19(2)16(21)17-10-12-6-5-9-20-12/h3-4,7-8,11-12H,5-6,9-10H2,1-2H3,(H,17,21)/t11-,12+/m1/s1. The zero-order valence-corrected chi connectivity index (χ0v) is 14.5. The number of thiocarbonyl (C=S) groups is 1. The van der Waals surface area contributed by atoms with Crippen molar-refractivity contribution in [1.29, 1.82) is 0 Å². The summed E-state index contributed by atoms with van der Waals surface area (Å²) in [6.45, 7) is 3.80. The normalized spacial score (nSPS) is 19.3. The van der Waals surface area contributed by atoms with Gasteiger partial charge in [-0.3, -0.25) is 0 Å². The fourth-order valence-electron chi connectivity index (χ4n) is 2.54. The van der Waals surface area contributed by atoms with E-state index >= 15 is 0 Å². The van der Waals surface area contributed by atoms with Gasteiger partial charge in [-0.05, 0) is 44.1 Å². The molecule has 1 fully saturated rings. The van der Waals surface area contributed by atoms with E-state index in [0.717, 1.165) is 41.6 Å². The van der Waals surface area contributed by atoms with Crippen LogP contribution in [-0.2, 0) is 4.74 Å². The molecule has 1 aromatic heterocycles. The van der Waals surface area contributed by atoms with Crippen molar-refractivity contribution in [2.45, 2.75) is 31.9 Å². The van der Waals surface area contributed by atoms with Crippen LogP contribution in [0.4, 0.5) is 0 Å². The first kappa shape index (κ1) is 15.6. The molecule has 0 radical (unpaired) electrons. The lowest BCUT2D eigenvalue weighted by Gasteiger charge is -2.27. The first-order valence-corrected chi connectivity index (χ1v) is 8.85. The maximum Gasteiger partial charge on any atom is 0.169 e. The summed E-state index contributed by atoms with van der Waals surface area (Å²) >= 11 is 7.23. The van der Waals surface area contributed by atoms with Gasteiger partial charge in [0.15, 0.2) is 5.11 Å². The van der Waals surface area contributed by atoms with Gasteiger partial charge in [-0.2, -0.15) is 0 Å². The topological polar surface area (TPSA) is 37.4 Å². The van der Waals surface area contributed by atoms with Gasteiger partial charge in [0.05, 0.1) is 22.4 Å². The quantitative estimate of drug-likeness (QED) is 0.868. The van der Waals surface area contributed by atoms with Crippen LogP contribution >= 0.6 is 23.6 Å². The number of aromatic nitrogens is 1. The van der Waals surface area contributed by atoms with Crippen LogP contribution in [0.15, 0.2) is 24.3 Å². The molecule has 1 N–H and O–H groups in total. The number of benzene rings is 1. The summed E-state index contributed by atoms with van der Waals surface area (Å²) in [5, 5.41) is 5.16. The molecule has 0 amide bonds. The minimum absolute atomic E-state index is 0.155. The number of nitrogens with zero attached hydrogens (tertiary/aromatic N) is 2. The second kappa shape index (κ2) is 6.89. The van der Waals surface area contributed by atoms with Crippen molar-refractivity contribution in [2.24, 2.45) is 0 Å². The molecule has 0 saturated carbocycles. The molecule has 1 aliphatic rings. The van der Waals surface area contributed by atoms with Crippen LogP contribution in [0.2, 0.25) is 0 Å². The highest BCUT2D eigenvalue weighted by atomic mass is 32.1. The highest BCUT2D eigenvalue weighted by Gasteiger charge is 2.20. The molecule has 2 heterocycles. The predicted molar refractivity (Wildman–Crippen MR) is 95.4 cm³/mol. The predicted octanol–water partition coefficient (Wildman–Crippen LogP) is 3.34. The van der Waals surface area contributed by atoms with Crippen LogP contribution in [-0.4, -0.2) is 41.3 Å². The van der Waals surface area contributed by atoms with Gasteiger partial charge in [0.25, 0.3) is 0 Å². The average Bonchev–Trinajstić information content (AvgIpc) is 3.19. The Labute approximate surface area is 140 Å². The van der Waals surface area contributed by atoms with E-state index < -0.39 is 0 Å². The minimum Gasteiger partial charge on any atom is -0.376 e. The SMILES string of the molecule is C[C@H](c1nc2ccccc2s1)N(C)C(=S)NC[C@@H]1CCCO1. The third-order valence-corrected chi connectivity index (χ3v) is 5.71. The minimum atomic E-state index is 0.155. The van der Waals surface area contributed by atoms with Gasteiger partial charge in [-0.25, -0.2) is 4.98 Å². The van der Waals surface area contributed by atoms with Gasteiger partial charge in [0, 0.05) is 20.2 Å². The lowest BCUT2D eigenvalue weighted by molar-refractivity contribution is 0.113. The van der Waals surface area contributed by atoms with Gasteiger partial charge >= 0.3 is 0 Å². The Bertz CT molecular complexity index is 619. The van der Waals surface area contributed by atoms with Crippen LogP contribution in [0, 0.1) is 0 Å². The highest BCUT2D eigenvalue weighted by Crippen LogP contribution is 2.28. The lowest BCUT2D eigenvalue weighted by Crippen LogP contribution is -2.41. The molecule has 22 heavy (non-hydrogen) atoms. The van der Waals surface area contributed by atoms with E-state index in [-0.39, 0.29) is 6.04 Å². The summed E-state index contributed by atoms with van der Waals surface area (Å²) in [7, 11) is 2.02. The highest BCUT2D eigenvalue weighted by molar-refractivity contribution is 7.80. The number of hydrogen-bond acceptors (Lipinski definition) is 4. The molecular formula is C16H21N3OS2. The zero-order chi connectivity index (χ0) is 15.5. The largest absolute Gasteiger partial charge is 0.376 e. The Kier molecular flexibility index (Phi) is 4.90. The summed E-state index contributed by atoms with van der Waals surface area (Å²) in [6, 6.07) is 8.38. The monoisotopic (exact) mass is 335 g/mol. The number of hydrogen-bond donors (Lipinski definition) is 1. The number of fused-ring (bicyclic) bond motifs is 1. The maximum absolute atomic E-state index is 5.62. The Hall–Kier alpha value is -1.24. The number of rotatable bonds is 4. The molecule has 2 aromatic rings. The molecule has 118 valence electrons. The fourth-order valence-corrected chi connectivity index (χ4v) is 3.85. The van der Waals surface area contributed by atoms with E-state index in [1.165, 1.54) is 4.70 Å². The van der Waals surface area contributed by atoms with Crippen LogP contribution in [0.1, 0.15) is 30.8 Å². The molecule has 0 spiro atoms. The average molecular weight is 335 g/mol. The summed E-state index contributed by atoms with van der Waals surface area (Å²) in [4.78, 5) is 6.79. The Morgan fingerprint density at radius 2 is 2.36 bits per heavy atom. The second-order valence-electron chi connectivity index (χ2n) is 5.63. The summed E-state index contributed by atoms with van der Waals surface area (Å²) in [6.07, 6.45) is 2.56. The Balaban J connectivity index is 1.62. The van der Waals surface area contributed by atoms with E-state index in [9.17, 15) is 0 Å². The number of para-hydroxylation sites is 1. The van der Waals surface area contributed by atoms with Gasteiger partial charge in [0.2, 0.25) is 0 Å². The smallest absolute Gasteiger partial charge is 0.169 e. The van der Waals surface area contributed by atoms with Crippen LogP contribution < -0.4 is 5.32 Å². The number of nitrogens with one attached hydrogen (secondary N) is 1. The summed E-state index contributed by atoms with van der Waals surface area (Å²) in [5.41, 5.74) is 1.06. The summed E-state index contributed by atoms with van der Waals surface area (Å²) < 4.78 is 6.84. The zero-order valence-electron chi connectivity index (χ0n) is 12.9.